The Hall–Kier alpha value is -3.38. The first kappa shape index (κ1) is 17.1. The molecular weight excluding hydrogens is 340 g/mol. The third-order valence-electron chi connectivity index (χ3n) is 4.36. The molecule has 1 aromatic carbocycles. The zero-order valence-corrected chi connectivity index (χ0v) is 15.0. The van der Waals surface area contributed by atoms with Gasteiger partial charge in [-0.25, -0.2) is 9.97 Å². The van der Waals surface area contributed by atoms with E-state index in [0.717, 1.165) is 34.3 Å². The van der Waals surface area contributed by atoms with Crippen LogP contribution in [-0.2, 0) is 13.1 Å². The summed E-state index contributed by atoms with van der Waals surface area (Å²) in [7, 11) is 1.61. The van der Waals surface area contributed by atoms with E-state index in [1.807, 2.05) is 42.6 Å². The van der Waals surface area contributed by atoms with Crippen LogP contribution in [-0.4, -0.2) is 21.6 Å². The summed E-state index contributed by atoms with van der Waals surface area (Å²) in [5.41, 5.74) is 8.89. The van der Waals surface area contributed by atoms with Crippen molar-refractivity contribution in [1.29, 1.82) is 0 Å². The van der Waals surface area contributed by atoms with E-state index in [1.54, 1.807) is 13.3 Å². The Balaban J connectivity index is 1.55. The van der Waals surface area contributed by atoms with E-state index in [4.69, 9.17) is 15.2 Å². The van der Waals surface area contributed by atoms with Crippen LogP contribution in [0.2, 0.25) is 0 Å². The van der Waals surface area contributed by atoms with Gasteiger partial charge in [-0.05, 0) is 41.5 Å². The average Bonchev–Trinajstić information content (AvgIpc) is 3.10. The van der Waals surface area contributed by atoms with Crippen LogP contribution in [0, 0.1) is 0 Å². The molecule has 0 amide bonds. The van der Waals surface area contributed by atoms with Gasteiger partial charge in [-0.3, -0.25) is 0 Å². The molecule has 2 N–H and O–H groups in total. The second kappa shape index (κ2) is 7.47. The number of nitrogens with zero attached hydrogens (tertiary/aromatic N) is 3. The van der Waals surface area contributed by atoms with E-state index in [9.17, 15) is 0 Å². The van der Waals surface area contributed by atoms with Crippen molar-refractivity contribution in [3.05, 3.63) is 78.2 Å². The Labute approximate surface area is 157 Å². The number of ether oxygens (including phenoxy) is 2. The third kappa shape index (κ3) is 3.75. The van der Waals surface area contributed by atoms with Crippen LogP contribution in [0.1, 0.15) is 11.1 Å². The quantitative estimate of drug-likeness (QED) is 0.567. The van der Waals surface area contributed by atoms with Crippen LogP contribution < -0.4 is 15.2 Å². The Morgan fingerprint density at radius 2 is 1.89 bits per heavy atom. The summed E-state index contributed by atoms with van der Waals surface area (Å²) in [6, 6.07) is 15.7. The van der Waals surface area contributed by atoms with E-state index < -0.39 is 0 Å². The second-order valence-electron chi connectivity index (χ2n) is 6.18. The van der Waals surface area contributed by atoms with Gasteiger partial charge in [0, 0.05) is 54.7 Å². The number of nitrogens with two attached hydrogens (primary N) is 1. The minimum Gasteiger partial charge on any atom is -0.481 e. The fourth-order valence-corrected chi connectivity index (χ4v) is 2.96. The number of methoxy groups -OCH3 is 1. The molecule has 0 aliphatic rings. The number of benzene rings is 1. The summed E-state index contributed by atoms with van der Waals surface area (Å²) in [5, 5.41) is 1.10. The van der Waals surface area contributed by atoms with E-state index in [2.05, 4.69) is 32.9 Å². The monoisotopic (exact) mass is 360 g/mol. The Morgan fingerprint density at radius 3 is 2.67 bits per heavy atom. The molecule has 4 rings (SSSR count). The molecule has 0 atom stereocenters. The number of hydrogen-bond donors (Lipinski definition) is 1. The standard InChI is InChI=1S/C21H20N4O2/c1-26-20-5-2-16(13-24-20)14-25-9-7-17-11-18(3-4-19(17)25)27-21-10-15(12-22)6-8-23-21/h2-11,13H,12,14,22H2,1H3. The lowest BCUT2D eigenvalue weighted by Gasteiger charge is -2.08. The summed E-state index contributed by atoms with van der Waals surface area (Å²) in [4.78, 5) is 8.50. The van der Waals surface area contributed by atoms with Crippen molar-refractivity contribution in [3.63, 3.8) is 0 Å². The van der Waals surface area contributed by atoms with Crippen molar-refractivity contribution < 1.29 is 9.47 Å². The van der Waals surface area contributed by atoms with Crippen LogP contribution >= 0.6 is 0 Å². The first-order valence-corrected chi connectivity index (χ1v) is 8.66. The predicted molar refractivity (Wildman–Crippen MR) is 104 cm³/mol. The van der Waals surface area contributed by atoms with Gasteiger partial charge in [0.1, 0.15) is 5.75 Å². The number of pyridine rings is 2. The number of fused-ring (bicyclic) bond motifs is 1. The van der Waals surface area contributed by atoms with Crippen molar-refractivity contribution >= 4 is 10.9 Å². The summed E-state index contributed by atoms with van der Waals surface area (Å²) in [6.07, 6.45) is 5.60. The van der Waals surface area contributed by atoms with Gasteiger partial charge in [0.05, 0.1) is 7.11 Å². The van der Waals surface area contributed by atoms with Crippen molar-refractivity contribution in [2.24, 2.45) is 5.73 Å². The van der Waals surface area contributed by atoms with Gasteiger partial charge >= 0.3 is 0 Å². The van der Waals surface area contributed by atoms with Crippen LogP contribution in [0.25, 0.3) is 10.9 Å². The summed E-state index contributed by atoms with van der Waals surface area (Å²) in [5.74, 6) is 1.90. The molecule has 3 heterocycles. The molecule has 0 unspecified atom stereocenters. The van der Waals surface area contributed by atoms with Crippen molar-refractivity contribution in [2.45, 2.75) is 13.1 Å². The molecule has 136 valence electrons. The number of rotatable bonds is 6. The summed E-state index contributed by atoms with van der Waals surface area (Å²) >= 11 is 0. The zero-order chi connectivity index (χ0) is 18.6. The van der Waals surface area contributed by atoms with Gasteiger partial charge in [0.15, 0.2) is 0 Å². The van der Waals surface area contributed by atoms with Gasteiger partial charge in [-0.15, -0.1) is 0 Å². The first-order chi connectivity index (χ1) is 13.2. The van der Waals surface area contributed by atoms with Gasteiger partial charge in [-0.2, -0.15) is 0 Å². The summed E-state index contributed by atoms with van der Waals surface area (Å²) < 4.78 is 13.2. The molecule has 0 fully saturated rings. The molecule has 6 nitrogen and oxygen atoms in total. The largest absolute Gasteiger partial charge is 0.481 e. The Kier molecular flexibility index (Phi) is 4.72. The van der Waals surface area contributed by atoms with Crippen LogP contribution in [0.3, 0.4) is 0 Å². The maximum atomic E-state index is 5.88. The molecule has 0 radical (unpaired) electrons. The highest BCUT2D eigenvalue weighted by molar-refractivity contribution is 5.81. The van der Waals surface area contributed by atoms with Crippen LogP contribution in [0.4, 0.5) is 0 Å². The normalized spacial score (nSPS) is 10.9. The second-order valence-corrected chi connectivity index (χ2v) is 6.18. The highest BCUT2D eigenvalue weighted by atomic mass is 16.5. The zero-order valence-electron chi connectivity index (χ0n) is 15.0. The van der Waals surface area contributed by atoms with E-state index >= 15 is 0 Å². The minimum absolute atomic E-state index is 0.459. The lowest BCUT2D eigenvalue weighted by Crippen LogP contribution is -1.99. The Morgan fingerprint density at radius 1 is 0.963 bits per heavy atom. The van der Waals surface area contributed by atoms with Crippen molar-refractivity contribution in [2.75, 3.05) is 7.11 Å². The SMILES string of the molecule is COc1ccc(Cn2ccc3cc(Oc4cc(CN)ccn4)ccc32)cn1. The molecule has 0 spiro atoms. The summed E-state index contributed by atoms with van der Waals surface area (Å²) in [6.45, 7) is 1.20. The molecule has 27 heavy (non-hydrogen) atoms. The minimum atomic E-state index is 0.459. The molecule has 0 aliphatic heterocycles. The molecule has 0 bridgehead atoms. The van der Waals surface area contributed by atoms with E-state index in [1.165, 1.54) is 0 Å². The third-order valence-corrected chi connectivity index (χ3v) is 4.36. The number of aromatic nitrogens is 3. The average molecular weight is 360 g/mol. The number of hydrogen-bond acceptors (Lipinski definition) is 5. The van der Waals surface area contributed by atoms with Gasteiger partial charge in [0.25, 0.3) is 0 Å². The highest BCUT2D eigenvalue weighted by Crippen LogP contribution is 2.26. The topological polar surface area (TPSA) is 75.2 Å². The molecule has 4 aromatic rings. The fourth-order valence-electron chi connectivity index (χ4n) is 2.96. The maximum Gasteiger partial charge on any atom is 0.219 e. The van der Waals surface area contributed by atoms with E-state index in [-0.39, 0.29) is 0 Å². The van der Waals surface area contributed by atoms with Gasteiger partial charge in [-0.1, -0.05) is 6.07 Å². The van der Waals surface area contributed by atoms with E-state index in [0.29, 0.717) is 18.3 Å². The molecular formula is C21H20N4O2. The maximum absolute atomic E-state index is 5.88. The molecule has 0 aliphatic carbocycles. The molecule has 3 aromatic heterocycles. The lowest BCUT2D eigenvalue weighted by atomic mass is 10.2. The van der Waals surface area contributed by atoms with Gasteiger partial charge in [0.2, 0.25) is 11.8 Å². The molecule has 6 heteroatoms. The van der Waals surface area contributed by atoms with Crippen LogP contribution in [0.15, 0.2) is 67.1 Å². The predicted octanol–water partition coefficient (Wildman–Crippen LogP) is 3.74. The lowest BCUT2D eigenvalue weighted by molar-refractivity contribution is 0.397. The van der Waals surface area contributed by atoms with Crippen LogP contribution in [0.5, 0.6) is 17.5 Å². The molecule has 0 saturated heterocycles. The Bertz CT molecular complexity index is 1060. The van der Waals surface area contributed by atoms with Crippen molar-refractivity contribution in [1.82, 2.24) is 14.5 Å². The molecule has 0 saturated carbocycles. The van der Waals surface area contributed by atoms with Gasteiger partial charge < -0.3 is 19.8 Å². The highest BCUT2D eigenvalue weighted by Gasteiger charge is 2.06. The fraction of sp³-hybridized carbons (Fsp3) is 0.143. The van der Waals surface area contributed by atoms with Crippen molar-refractivity contribution in [3.8, 4) is 17.5 Å². The smallest absolute Gasteiger partial charge is 0.219 e. The first-order valence-electron chi connectivity index (χ1n) is 8.66.